The van der Waals surface area contributed by atoms with E-state index in [1.165, 1.54) is 6.92 Å². The molecule has 0 bridgehead atoms. The largest absolute Gasteiger partial charge is 0.452 e. The Morgan fingerprint density at radius 3 is 2.19 bits per heavy atom. The maximum atomic E-state index is 13.5. The summed E-state index contributed by atoms with van der Waals surface area (Å²) in [6.45, 7) is 8.87. The van der Waals surface area contributed by atoms with Crippen LogP contribution in [0.2, 0.25) is 0 Å². The predicted molar refractivity (Wildman–Crippen MR) is 96.0 cm³/mol. The summed E-state index contributed by atoms with van der Waals surface area (Å²) in [6.07, 6.45) is -1.14. The van der Waals surface area contributed by atoms with Crippen molar-refractivity contribution in [3.05, 3.63) is 35.4 Å². The van der Waals surface area contributed by atoms with Crippen molar-refractivity contribution in [3.63, 3.8) is 0 Å². The number of nitrogens with one attached hydrogen (secondary N) is 1. The van der Waals surface area contributed by atoms with Crippen molar-refractivity contribution < 1.29 is 27.9 Å². The zero-order chi connectivity index (χ0) is 20.7. The number of hydrogen-bond donors (Lipinski definition) is 1. The number of halogens is 2. The third kappa shape index (κ3) is 6.62. The van der Waals surface area contributed by atoms with Gasteiger partial charge in [-0.25, -0.2) is 8.78 Å². The number of ether oxygens (including phenoxy) is 1. The number of benzene rings is 1. The van der Waals surface area contributed by atoms with E-state index in [1.807, 2.05) is 27.7 Å². The minimum absolute atomic E-state index is 0.0384. The van der Waals surface area contributed by atoms with Crippen molar-refractivity contribution in [1.29, 1.82) is 0 Å². The van der Waals surface area contributed by atoms with Gasteiger partial charge in [0.1, 0.15) is 11.6 Å². The molecule has 6 nitrogen and oxygen atoms in total. The van der Waals surface area contributed by atoms with E-state index in [0.29, 0.717) is 6.07 Å². The maximum Gasteiger partial charge on any atom is 0.308 e. The van der Waals surface area contributed by atoms with Crippen LogP contribution in [0.15, 0.2) is 18.2 Å². The van der Waals surface area contributed by atoms with Gasteiger partial charge in [-0.05, 0) is 46.8 Å². The van der Waals surface area contributed by atoms with Crippen LogP contribution in [-0.2, 0) is 14.3 Å². The van der Waals surface area contributed by atoms with Crippen LogP contribution in [0.5, 0.6) is 0 Å². The third-order valence-electron chi connectivity index (χ3n) is 3.81. The Morgan fingerprint density at radius 2 is 1.67 bits per heavy atom. The lowest BCUT2D eigenvalue weighted by molar-refractivity contribution is -0.160. The van der Waals surface area contributed by atoms with Crippen molar-refractivity contribution in [2.24, 2.45) is 0 Å². The normalized spacial score (nSPS) is 12.0. The molecule has 1 N–H and O–H groups in total. The van der Waals surface area contributed by atoms with E-state index >= 15 is 0 Å². The van der Waals surface area contributed by atoms with Gasteiger partial charge in [-0.1, -0.05) is 0 Å². The van der Waals surface area contributed by atoms with E-state index in [1.54, 1.807) is 4.90 Å². The van der Waals surface area contributed by atoms with Gasteiger partial charge in [0, 0.05) is 24.7 Å². The van der Waals surface area contributed by atoms with Gasteiger partial charge in [0.15, 0.2) is 6.10 Å². The fourth-order valence-corrected chi connectivity index (χ4v) is 2.67. The first-order chi connectivity index (χ1) is 12.5. The van der Waals surface area contributed by atoms with Crippen molar-refractivity contribution in [2.75, 3.05) is 6.54 Å². The number of nitrogens with zero attached hydrogens (tertiary/aromatic N) is 1. The highest BCUT2D eigenvalue weighted by atomic mass is 19.1. The van der Waals surface area contributed by atoms with Crippen molar-refractivity contribution in [2.45, 2.75) is 59.2 Å². The van der Waals surface area contributed by atoms with Gasteiger partial charge < -0.3 is 15.0 Å². The molecule has 2 amide bonds. The highest BCUT2D eigenvalue weighted by molar-refractivity contribution is 5.94. The summed E-state index contributed by atoms with van der Waals surface area (Å²) in [7, 11) is 0. The van der Waals surface area contributed by atoms with Gasteiger partial charge in [-0.15, -0.1) is 0 Å². The van der Waals surface area contributed by atoms with Crippen LogP contribution in [0.3, 0.4) is 0 Å². The fraction of sp³-hybridized carbons (Fsp3) is 0.526. The van der Waals surface area contributed by atoms with Gasteiger partial charge in [0.05, 0.1) is 12.0 Å². The van der Waals surface area contributed by atoms with Crippen molar-refractivity contribution in [3.8, 4) is 0 Å². The first-order valence-electron chi connectivity index (χ1n) is 8.79. The Kier molecular flexibility index (Phi) is 8.33. The van der Waals surface area contributed by atoms with Gasteiger partial charge in [0.25, 0.3) is 11.8 Å². The second-order valence-electron chi connectivity index (χ2n) is 6.70. The van der Waals surface area contributed by atoms with E-state index in [4.69, 9.17) is 4.74 Å². The number of esters is 1. The minimum Gasteiger partial charge on any atom is -0.452 e. The van der Waals surface area contributed by atoms with Crippen LogP contribution in [0.4, 0.5) is 8.78 Å². The lowest BCUT2D eigenvalue weighted by Gasteiger charge is -2.32. The standard InChI is InChI=1S/C19H26F2N2O4/c1-11(2)23(12(3)4)19(26)13(5)27-17(24)8-9-22-18(25)15-7-6-14(20)10-16(15)21/h6-7,10-13H,8-9H2,1-5H3,(H,22,25). The molecule has 0 heterocycles. The Hall–Kier alpha value is -2.51. The highest BCUT2D eigenvalue weighted by Crippen LogP contribution is 2.11. The minimum atomic E-state index is -0.989. The zero-order valence-electron chi connectivity index (χ0n) is 16.2. The van der Waals surface area contributed by atoms with Gasteiger partial charge in [-0.3, -0.25) is 14.4 Å². The van der Waals surface area contributed by atoms with Crippen LogP contribution in [0.1, 0.15) is 51.4 Å². The van der Waals surface area contributed by atoms with Crippen LogP contribution in [0, 0.1) is 11.6 Å². The predicted octanol–water partition coefficient (Wildman–Crippen LogP) is 2.66. The summed E-state index contributed by atoms with van der Waals surface area (Å²) in [6, 6.07) is 2.51. The van der Waals surface area contributed by atoms with E-state index in [2.05, 4.69) is 5.32 Å². The smallest absolute Gasteiger partial charge is 0.308 e. The monoisotopic (exact) mass is 384 g/mol. The molecule has 1 unspecified atom stereocenters. The molecule has 0 aliphatic rings. The Balaban J connectivity index is 2.50. The quantitative estimate of drug-likeness (QED) is 0.699. The Morgan fingerprint density at radius 1 is 1.07 bits per heavy atom. The molecule has 0 saturated carbocycles. The molecule has 0 radical (unpaired) electrons. The molecule has 1 rings (SSSR count). The molecule has 1 aromatic rings. The van der Waals surface area contributed by atoms with Gasteiger partial charge >= 0.3 is 5.97 Å². The average Bonchev–Trinajstić information content (AvgIpc) is 2.53. The molecule has 0 aromatic heterocycles. The van der Waals surface area contributed by atoms with Gasteiger partial charge in [0.2, 0.25) is 0 Å². The van der Waals surface area contributed by atoms with Gasteiger partial charge in [-0.2, -0.15) is 0 Å². The fourth-order valence-electron chi connectivity index (χ4n) is 2.67. The number of hydrogen-bond acceptors (Lipinski definition) is 4. The summed E-state index contributed by atoms with van der Waals surface area (Å²) in [5.41, 5.74) is -0.321. The molecule has 0 fully saturated rings. The number of carbonyl (C=O) groups is 3. The second-order valence-corrected chi connectivity index (χ2v) is 6.70. The topological polar surface area (TPSA) is 75.7 Å². The first-order valence-corrected chi connectivity index (χ1v) is 8.79. The molecule has 0 aliphatic heterocycles. The molecular formula is C19H26F2N2O4. The summed E-state index contributed by atoms with van der Waals surface area (Å²) in [4.78, 5) is 37.7. The molecule has 8 heteroatoms. The summed E-state index contributed by atoms with van der Waals surface area (Å²) >= 11 is 0. The summed E-state index contributed by atoms with van der Waals surface area (Å²) in [5, 5.41) is 2.35. The molecule has 150 valence electrons. The number of amides is 2. The van der Waals surface area contributed by atoms with Crippen LogP contribution in [-0.4, -0.2) is 47.4 Å². The SMILES string of the molecule is CC(OC(=O)CCNC(=O)c1ccc(F)cc1F)C(=O)N(C(C)C)C(C)C. The van der Waals surface area contributed by atoms with Crippen LogP contribution < -0.4 is 5.32 Å². The lowest BCUT2D eigenvalue weighted by Crippen LogP contribution is -2.47. The van der Waals surface area contributed by atoms with Crippen LogP contribution in [0.25, 0.3) is 0 Å². The van der Waals surface area contributed by atoms with Crippen molar-refractivity contribution in [1.82, 2.24) is 10.2 Å². The average molecular weight is 384 g/mol. The molecule has 0 spiro atoms. The summed E-state index contributed by atoms with van der Waals surface area (Å²) in [5.74, 6) is -3.51. The van der Waals surface area contributed by atoms with E-state index < -0.39 is 29.6 Å². The molecule has 1 aromatic carbocycles. The number of carbonyl (C=O) groups excluding carboxylic acids is 3. The first kappa shape index (κ1) is 22.5. The molecule has 1 atom stereocenters. The summed E-state index contributed by atoms with van der Waals surface area (Å²) < 4.78 is 31.5. The molecule has 0 saturated heterocycles. The molecular weight excluding hydrogens is 358 g/mol. The molecule has 0 aliphatic carbocycles. The zero-order valence-corrected chi connectivity index (χ0v) is 16.2. The van der Waals surface area contributed by atoms with E-state index in [9.17, 15) is 23.2 Å². The lowest BCUT2D eigenvalue weighted by atomic mass is 10.2. The highest BCUT2D eigenvalue weighted by Gasteiger charge is 2.27. The maximum absolute atomic E-state index is 13.5. The Bertz CT molecular complexity index is 684. The second kappa shape index (κ2) is 9.99. The molecule has 27 heavy (non-hydrogen) atoms. The van der Waals surface area contributed by atoms with Crippen molar-refractivity contribution >= 4 is 17.8 Å². The number of rotatable bonds is 8. The van der Waals surface area contributed by atoms with Crippen LogP contribution >= 0.6 is 0 Å². The Labute approximate surface area is 157 Å². The van der Waals surface area contributed by atoms with E-state index in [0.717, 1.165) is 12.1 Å². The third-order valence-corrected chi connectivity index (χ3v) is 3.81. The van der Waals surface area contributed by atoms with E-state index in [-0.39, 0.29) is 36.5 Å².